The van der Waals surface area contributed by atoms with Crippen LogP contribution in [0.2, 0.25) is 0 Å². The van der Waals surface area contributed by atoms with Crippen molar-refractivity contribution in [2.45, 2.75) is 20.8 Å². The summed E-state index contributed by atoms with van der Waals surface area (Å²) in [5.74, 6) is 0.276. The Morgan fingerprint density at radius 1 is 0.921 bits per heavy atom. The summed E-state index contributed by atoms with van der Waals surface area (Å²) in [7, 11) is 3.85. The number of para-hydroxylation sites is 2. The van der Waals surface area contributed by atoms with E-state index in [1.54, 1.807) is 6.20 Å². The van der Waals surface area contributed by atoms with Gasteiger partial charge in [-0.3, -0.25) is 4.98 Å². The molecule has 0 spiro atoms. The van der Waals surface area contributed by atoms with E-state index in [-0.39, 0.29) is 5.89 Å². The normalized spacial score (nSPS) is 13.1. The molecule has 2 aromatic carbocycles. The SMILES string of the molecule is [C-]#[N+]/C(c1nc2cc(C)ccc2o1)=c1\c2c(C)n(C)/c(=C(/C#N)c3cnc4ccccc4n3)c2c(C)n1C. The zero-order chi connectivity index (χ0) is 26.7. The quantitative estimate of drug-likeness (QED) is 0.332. The molecule has 0 unspecified atom stereocenters. The summed E-state index contributed by atoms with van der Waals surface area (Å²) in [5.41, 5.74) is 6.99. The highest BCUT2D eigenvalue weighted by Crippen LogP contribution is 2.25. The van der Waals surface area contributed by atoms with Crippen LogP contribution in [-0.2, 0) is 14.1 Å². The number of nitrogens with zero attached hydrogens (tertiary/aromatic N) is 7. The third-order valence-corrected chi connectivity index (χ3v) is 7.26. The first kappa shape index (κ1) is 23.2. The van der Waals surface area contributed by atoms with Gasteiger partial charge in [-0.25, -0.2) is 14.8 Å². The molecule has 8 nitrogen and oxygen atoms in total. The zero-order valence-corrected chi connectivity index (χ0v) is 21.7. The lowest BCUT2D eigenvalue weighted by molar-refractivity contribution is 0.584. The van der Waals surface area contributed by atoms with Crippen molar-refractivity contribution < 1.29 is 4.42 Å². The van der Waals surface area contributed by atoms with Crippen LogP contribution in [0.3, 0.4) is 0 Å². The van der Waals surface area contributed by atoms with Gasteiger partial charge in [-0.15, -0.1) is 0 Å². The van der Waals surface area contributed by atoms with Crippen LogP contribution in [0.15, 0.2) is 53.1 Å². The Balaban J connectivity index is 1.75. The van der Waals surface area contributed by atoms with E-state index in [4.69, 9.17) is 16.0 Å². The largest absolute Gasteiger partial charge is 0.447 e. The summed E-state index contributed by atoms with van der Waals surface area (Å²) in [6, 6.07) is 15.8. The Morgan fingerprint density at radius 2 is 1.61 bits per heavy atom. The van der Waals surface area contributed by atoms with Crippen LogP contribution in [0, 0.1) is 38.7 Å². The summed E-state index contributed by atoms with van der Waals surface area (Å²) >= 11 is 0. The highest BCUT2D eigenvalue weighted by atomic mass is 16.3. The van der Waals surface area contributed by atoms with E-state index in [0.717, 1.165) is 44.1 Å². The van der Waals surface area contributed by atoms with Crippen LogP contribution in [0.1, 0.15) is 28.5 Å². The number of aromatic nitrogens is 5. The summed E-state index contributed by atoms with van der Waals surface area (Å²) in [6.45, 7) is 14.1. The first-order valence-electron chi connectivity index (χ1n) is 12.1. The van der Waals surface area contributed by atoms with E-state index >= 15 is 0 Å². The highest BCUT2D eigenvalue weighted by Gasteiger charge is 2.23. The van der Waals surface area contributed by atoms with Crippen LogP contribution < -0.4 is 10.7 Å². The maximum atomic E-state index is 10.3. The molecule has 4 heterocycles. The second kappa shape index (κ2) is 8.43. The lowest BCUT2D eigenvalue weighted by Gasteiger charge is -2.05. The summed E-state index contributed by atoms with van der Waals surface area (Å²) in [4.78, 5) is 17.8. The fourth-order valence-electron chi connectivity index (χ4n) is 5.17. The molecular weight excluding hydrogens is 474 g/mol. The second-order valence-corrected chi connectivity index (χ2v) is 9.42. The Kier molecular flexibility index (Phi) is 5.15. The molecule has 0 radical (unpaired) electrons. The predicted octanol–water partition coefficient (Wildman–Crippen LogP) is 4.32. The molecule has 8 heteroatoms. The monoisotopic (exact) mass is 497 g/mol. The molecule has 6 rings (SSSR count). The van der Waals surface area contributed by atoms with Crippen molar-refractivity contribution in [3.05, 3.63) is 99.3 Å². The van der Waals surface area contributed by atoms with Crippen molar-refractivity contribution in [2.24, 2.45) is 14.1 Å². The fraction of sp³-hybridized carbons (Fsp3) is 0.167. The van der Waals surface area contributed by atoms with Gasteiger partial charge >= 0.3 is 0 Å². The number of aryl methyl sites for hydroxylation is 3. The summed E-state index contributed by atoms with van der Waals surface area (Å²) in [5, 5.41) is 13.6. The third-order valence-electron chi connectivity index (χ3n) is 7.26. The summed E-state index contributed by atoms with van der Waals surface area (Å²) < 4.78 is 10.0. The number of fused-ring (bicyclic) bond motifs is 3. The van der Waals surface area contributed by atoms with Gasteiger partial charge in [0.1, 0.15) is 22.9 Å². The Hall–Kier alpha value is -5.21. The van der Waals surface area contributed by atoms with Crippen LogP contribution in [0.25, 0.3) is 49.0 Å². The highest BCUT2D eigenvalue weighted by molar-refractivity contribution is 5.96. The number of hydrogen-bond acceptors (Lipinski definition) is 5. The average Bonchev–Trinajstić information content (AvgIpc) is 3.53. The van der Waals surface area contributed by atoms with Crippen molar-refractivity contribution in [1.82, 2.24) is 24.1 Å². The molecule has 0 atom stereocenters. The van der Waals surface area contributed by atoms with Gasteiger partial charge in [-0.05, 0) is 50.6 Å². The molecule has 0 aliphatic heterocycles. The molecule has 4 aromatic heterocycles. The number of nitriles is 1. The molecule has 0 saturated heterocycles. The first-order valence-corrected chi connectivity index (χ1v) is 12.1. The zero-order valence-electron chi connectivity index (χ0n) is 21.7. The molecular formula is C30H23N7O. The van der Waals surface area contributed by atoms with Gasteiger partial charge in [0.15, 0.2) is 5.58 Å². The number of rotatable bonds is 2. The minimum Gasteiger partial charge on any atom is -0.447 e. The Labute approximate surface area is 218 Å². The van der Waals surface area contributed by atoms with Gasteiger partial charge in [0.2, 0.25) is 5.89 Å². The van der Waals surface area contributed by atoms with E-state index < -0.39 is 0 Å². The van der Waals surface area contributed by atoms with Crippen molar-refractivity contribution in [3.8, 4) is 6.07 Å². The first-order chi connectivity index (χ1) is 18.3. The second-order valence-electron chi connectivity index (χ2n) is 9.42. The van der Waals surface area contributed by atoms with Gasteiger partial charge in [0, 0.05) is 36.3 Å². The van der Waals surface area contributed by atoms with Gasteiger partial charge in [0.25, 0.3) is 5.70 Å². The van der Waals surface area contributed by atoms with Crippen LogP contribution in [0.4, 0.5) is 0 Å². The molecule has 38 heavy (non-hydrogen) atoms. The molecule has 0 aliphatic carbocycles. The molecule has 184 valence electrons. The van der Waals surface area contributed by atoms with E-state index in [1.165, 1.54) is 0 Å². The number of oxazole rings is 1. The number of hydrogen-bond donors (Lipinski definition) is 0. The molecule has 0 N–H and O–H groups in total. The van der Waals surface area contributed by atoms with Gasteiger partial charge in [-0.2, -0.15) is 5.26 Å². The van der Waals surface area contributed by atoms with Gasteiger partial charge in [-0.1, -0.05) is 18.2 Å². The minimum absolute atomic E-state index is 0.276. The molecule has 0 amide bonds. The van der Waals surface area contributed by atoms with E-state index in [2.05, 4.69) is 20.9 Å². The van der Waals surface area contributed by atoms with Crippen molar-refractivity contribution >= 4 is 44.2 Å². The van der Waals surface area contributed by atoms with Gasteiger partial charge < -0.3 is 13.6 Å². The van der Waals surface area contributed by atoms with Crippen LogP contribution >= 0.6 is 0 Å². The average molecular weight is 498 g/mol. The molecule has 0 fully saturated rings. The molecule has 0 bridgehead atoms. The van der Waals surface area contributed by atoms with Crippen molar-refractivity contribution in [1.29, 1.82) is 5.26 Å². The van der Waals surface area contributed by atoms with Crippen LogP contribution in [-0.4, -0.2) is 24.1 Å². The molecule has 6 aromatic rings. The lowest BCUT2D eigenvalue weighted by atomic mass is 10.1. The topological polar surface area (TPSA) is 89.8 Å². The molecule has 0 saturated carbocycles. The van der Waals surface area contributed by atoms with Gasteiger partial charge in [0.05, 0.1) is 34.5 Å². The third kappa shape index (κ3) is 3.24. The van der Waals surface area contributed by atoms with E-state index in [1.807, 2.05) is 86.5 Å². The smallest absolute Gasteiger partial charge is 0.271 e. The Bertz CT molecular complexity index is 2160. The summed E-state index contributed by atoms with van der Waals surface area (Å²) in [6.07, 6.45) is 1.64. The number of benzene rings is 2. The fourth-order valence-corrected chi connectivity index (χ4v) is 5.17. The Morgan fingerprint density at radius 3 is 2.32 bits per heavy atom. The maximum absolute atomic E-state index is 10.3. The van der Waals surface area contributed by atoms with E-state index in [9.17, 15) is 5.26 Å². The van der Waals surface area contributed by atoms with Crippen molar-refractivity contribution in [2.75, 3.05) is 0 Å². The van der Waals surface area contributed by atoms with Crippen LogP contribution in [0.5, 0.6) is 0 Å². The predicted molar refractivity (Wildman–Crippen MR) is 146 cm³/mol. The lowest BCUT2D eigenvalue weighted by Crippen LogP contribution is -2.21. The standard InChI is InChI=1S/C30H23N7O/c1-16-11-12-24-22(13-16)35-30(38-24)27(32-4)29-26-18(3)36(5)28(25(26)17(2)37(29)6)19(14-31)23-15-33-20-9-7-8-10-21(20)34-23/h7-13,15H,1-3,5-6H3/b28-19-,29-27+. The van der Waals surface area contributed by atoms with Crippen molar-refractivity contribution in [3.63, 3.8) is 0 Å². The maximum Gasteiger partial charge on any atom is 0.271 e. The molecule has 0 aliphatic rings. The minimum atomic E-state index is 0.276. The van der Waals surface area contributed by atoms with E-state index in [0.29, 0.717) is 33.4 Å².